The highest BCUT2D eigenvalue weighted by atomic mass is 35.5. The molecule has 1 atom stereocenters. The monoisotopic (exact) mass is 254 g/mol. The normalized spacial score (nSPS) is 12.9. The van der Waals surface area contributed by atoms with Crippen molar-refractivity contribution >= 4 is 22.9 Å². The van der Waals surface area contributed by atoms with Crippen molar-refractivity contribution in [3.8, 4) is 0 Å². The van der Waals surface area contributed by atoms with Crippen LogP contribution in [0.4, 0.5) is 0 Å². The van der Waals surface area contributed by atoms with Gasteiger partial charge in [0, 0.05) is 28.4 Å². The molecule has 0 aliphatic heterocycles. The van der Waals surface area contributed by atoms with Crippen molar-refractivity contribution in [3.63, 3.8) is 0 Å². The van der Waals surface area contributed by atoms with Crippen LogP contribution in [-0.4, -0.2) is 9.55 Å². The van der Waals surface area contributed by atoms with E-state index in [-0.39, 0.29) is 0 Å². The Bertz CT molecular complexity index is 461. The molecule has 0 bridgehead atoms. The Labute approximate surface area is 105 Å². The Morgan fingerprint density at radius 2 is 2.31 bits per heavy atom. The van der Waals surface area contributed by atoms with E-state index < -0.39 is 0 Å². The molecular weight excluding hydrogens is 240 g/mol. The van der Waals surface area contributed by atoms with Gasteiger partial charge in [-0.25, -0.2) is 4.98 Å². The van der Waals surface area contributed by atoms with Crippen molar-refractivity contribution in [1.82, 2.24) is 9.55 Å². The Balaban J connectivity index is 2.11. The van der Waals surface area contributed by atoms with Crippen LogP contribution >= 0.6 is 22.9 Å². The molecule has 0 fully saturated rings. The second-order valence-corrected chi connectivity index (χ2v) is 5.63. The smallest absolute Gasteiger partial charge is 0.0951 e. The largest absolute Gasteiger partial charge is 0.330 e. The van der Waals surface area contributed by atoms with Crippen LogP contribution in [0.15, 0.2) is 24.7 Å². The van der Waals surface area contributed by atoms with E-state index in [2.05, 4.69) is 35.5 Å². The molecule has 0 aliphatic rings. The van der Waals surface area contributed by atoms with E-state index in [0.29, 0.717) is 11.9 Å². The molecule has 2 heterocycles. The van der Waals surface area contributed by atoms with Crippen molar-refractivity contribution in [3.05, 3.63) is 40.1 Å². The van der Waals surface area contributed by atoms with Gasteiger partial charge < -0.3 is 4.57 Å². The van der Waals surface area contributed by atoms with E-state index in [9.17, 15) is 0 Å². The molecule has 4 heteroatoms. The second kappa shape index (κ2) is 5.02. The van der Waals surface area contributed by atoms with E-state index in [1.807, 2.05) is 23.9 Å². The molecule has 2 aromatic rings. The summed E-state index contributed by atoms with van der Waals surface area (Å²) >= 11 is 7.73. The van der Waals surface area contributed by atoms with E-state index in [0.717, 1.165) is 12.1 Å². The van der Waals surface area contributed by atoms with Gasteiger partial charge in [-0.15, -0.1) is 22.9 Å². The highest BCUT2D eigenvalue weighted by molar-refractivity contribution is 7.11. The molecule has 2 aromatic heterocycles. The van der Waals surface area contributed by atoms with Crippen molar-refractivity contribution in [1.29, 1.82) is 0 Å². The predicted molar refractivity (Wildman–Crippen MR) is 69.3 cm³/mol. The zero-order chi connectivity index (χ0) is 11.5. The van der Waals surface area contributed by atoms with Gasteiger partial charge in [0.15, 0.2) is 0 Å². The van der Waals surface area contributed by atoms with Gasteiger partial charge in [-0.2, -0.15) is 0 Å². The zero-order valence-electron chi connectivity index (χ0n) is 9.48. The van der Waals surface area contributed by atoms with Gasteiger partial charge in [0.1, 0.15) is 0 Å². The molecule has 1 unspecified atom stereocenters. The van der Waals surface area contributed by atoms with Crippen molar-refractivity contribution in [2.45, 2.75) is 32.2 Å². The highest BCUT2D eigenvalue weighted by Crippen LogP contribution is 2.22. The van der Waals surface area contributed by atoms with Crippen molar-refractivity contribution in [2.75, 3.05) is 0 Å². The van der Waals surface area contributed by atoms with Gasteiger partial charge >= 0.3 is 0 Å². The van der Waals surface area contributed by atoms with Crippen LogP contribution in [0, 0.1) is 6.92 Å². The first kappa shape index (κ1) is 11.7. The maximum atomic E-state index is 5.87. The summed E-state index contributed by atoms with van der Waals surface area (Å²) in [6, 6.07) is 4.78. The molecule has 0 amide bonds. The van der Waals surface area contributed by atoms with Crippen molar-refractivity contribution in [2.24, 2.45) is 0 Å². The Morgan fingerprint density at radius 3 is 2.94 bits per heavy atom. The third-order valence-corrected chi connectivity index (χ3v) is 3.95. The average molecular weight is 255 g/mol. The predicted octanol–water partition coefficient (Wildman–Crippen LogP) is 3.80. The van der Waals surface area contributed by atoms with E-state index in [1.165, 1.54) is 9.75 Å². The van der Waals surface area contributed by atoms with Crippen LogP contribution in [-0.2, 0) is 12.3 Å². The van der Waals surface area contributed by atoms with Crippen molar-refractivity contribution < 1.29 is 0 Å². The van der Waals surface area contributed by atoms with Crippen LogP contribution in [0.5, 0.6) is 0 Å². The van der Waals surface area contributed by atoms with Gasteiger partial charge in [0.05, 0.1) is 17.9 Å². The number of rotatable bonds is 4. The molecule has 0 saturated heterocycles. The molecule has 0 aromatic carbocycles. The fourth-order valence-corrected chi connectivity index (χ4v) is 3.03. The fourth-order valence-electron chi connectivity index (χ4n) is 1.82. The van der Waals surface area contributed by atoms with Gasteiger partial charge in [-0.1, -0.05) is 0 Å². The number of thiophene rings is 1. The number of halogens is 1. The molecule has 86 valence electrons. The summed E-state index contributed by atoms with van der Waals surface area (Å²) in [6.45, 7) is 4.34. The minimum Gasteiger partial charge on any atom is -0.330 e. The summed E-state index contributed by atoms with van der Waals surface area (Å²) in [5.41, 5.74) is 1.09. The summed E-state index contributed by atoms with van der Waals surface area (Å²) in [5.74, 6) is 0.522. The lowest BCUT2D eigenvalue weighted by atomic mass is 10.2. The van der Waals surface area contributed by atoms with Crippen LogP contribution < -0.4 is 0 Å². The lowest BCUT2D eigenvalue weighted by Gasteiger charge is -2.14. The molecule has 0 radical (unpaired) electrons. The quantitative estimate of drug-likeness (QED) is 0.759. The van der Waals surface area contributed by atoms with Gasteiger partial charge in [-0.3, -0.25) is 0 Å². The number of nitrogens with zero attached hydrogens (tertiary/aromatic N) is 2. The molecule has 2 nitrogen and oxygen atoms in total. The first-order valence-electron chi connectivity index (χ1n) is 5.32. The third kappa shape index (κ3) is 2.47. The molecular formula is C12H15ClN2S. The first-order valence-corrected chi connectivity index (χ1v) is 6.67. The number of alkyl halides is 1. The molecule has 2 rings (SSSR count). The molecule has 0 saturated carbocycles. The number of hydrogen-bond donors (Lipinski definition) is 0. The standard InChI is InChI=1S/C12H15ClN2S/c1-9(5-12-4-3-10(2)16-12)15-8-14-7-11(15)6-13/h3-4,7-9H,5-6H2,1-2H3. The number of imidazole rings is 1. The number of hydrogen-bond acceptors (Lipinski definition) is 2. The maximum Gasteiger partial charge on any atom is 0.0951 e. The average Bonchev–Trinajstić information content (AvgIpc) is 2.86. The Hall–Kier alpha value is -0.800. The third-order valence-electron chi connectivity index (χ3n) is 2.65. The summed E-state index contributed by atoms with van der Waals surface area (Å²) < 4.78 is 2.15. The maximum absolute atomic E-state index is 5.87. The van der Waals surface area contributed by atoms with E-state index in [4.69, 9.17) is 11.6 Å². The van der Waals surface area contributed by atoms with E-state index in [1.54, 1.807) is 0 Å². The zero-order valence-corrected chi connectivity index (χ0v) is 11.1. The first-order chi connectivity index (χ1) is 7.70. The van der Waals surface area contributed by atoms with Gasteiger partial charge in [-0.05, 0) is 26.0 Å². The summed E-state index contributed by atoms with van der Waals surface area (Å²) in [7, 11) is 0. The minimum atomic E-state index is 0.411. The fraction of sp³-hybridized carbons (Fsp3) is 0.417. The summed E-state index contributed by atoms with van der Waals surface area (Å²) in [6.07, 6.45) is 4.74. The lowest BCUT2D eigenvalue weighted by Crippen LogP contribution is -2.08. The van der Waals surface area contributed by atoms with Crippen LogP contribution in [0.25, 0.3) is 0 Å². The molecule has 0 N–H and O–H groups in total. The number of aromatic nitrogens is 2. The van der Waals surface area contributed by atoms with Gasteiger partial charge in [0.25, 0.3) is 0 Å². The molecule has 0 spiro atoms. The highest BCUT2D eigenvalue weighted by Gasteiger charge is 2.10. The van der Waals surface area contributed by atoms with E-state index >= 15 is 0 Å². The van der Waals surface area contributed by atoms with Crippen LogP contribution in [0.3, 0.4) is 0 Å². The Kier molecular flexibility index (Phi) is 3.66. The summed E-state index contributed by atoms with van der Waals surface area (Å²) in [4.78, 5) is 6.92. The minimum absolute atomic E-state index is 0.411. The lowest BCUT2D eigenvalue weighted by molar-refractivity contribution is 0.535. The SMILES string of the molecule is Cc1ccc(CC(C)n2cncc2CCl)s1. The van der Waals surface area contributed by atoms with Crippen LogP contribution in [0.2, 0.25) is 0 Å². The van der Waals surface area contributed by atoms with Gasteiger partial charge in [0.2, 0.25) is 0 Å². The topological polar surface area (TPSA) is 17.8 Å². The Morgan fingerprint density at radius 1 is 1.50 bits per heavy atom. The number of aryl methyl sites for hydroxylation is 1. The second-order valence-electron chi connectivity index (χ2n) is 3.99. The van der Waals surface area contributed by atoms with Crippen LogP contribution in [0.1, 0.15) is 28.4 Å². The summed E-state index contributed by atoms with van der Waals surface area (Å²) in [5, 5.41) is 0. The molecule has 0 aliphatic carbocycles. The molecule has 16 heavy (non-hydrogen) atoms.